The highest BCUT2D eigenvalue weighted by molar-refractivity contribution is 7.90. The first-order valence-electron chi connectivity index (χ1n) is 7.44. The van der Waals surface area contributed by atoms with E-state index in [2.05, 4.69) is 25.5 Å². The summed E-state index contributed by atoms with van der Waals surface area (Å²) in [5.74, 6) is -0.671. The largest absolute Gasteiger partial charge is 0.268 e. The van der Waals surface area contributed by atoms with Crippen LogP contribution >= 0.6 is 11.6 Å². The fourth-order valence-electron chi connectivity index (χ4n) is 2.22. The number of hydrogen-bond donors (Lipinski definition) is 1. The fourth-order valence-corrected chi connectivity index (χ4v) is 3.70. The molecule has 0 aliphatic rings. The molecule has 0 unspecified atom stereocenters. The zero-order valence-corrected chi connectivity index (χ0v) is 15.6. The number of nitrogens with one attached hydrogen (secondary N) is 1. The first kappa shape index (κ1) is 18.5. The van der Waals surface area contributed by atoms with Crippen molar-refractivity contribution >= 4 is 27.5 Å². The summed E-state index contributed by atoms with van der Waals surface area (Å²) >= 11 is 5.86. The summed E-state index contributed by atoms with van der Waals surface area (Å²) in [5, 5.41) is 0.294. The van der Waals surface area contributed by atoms with Gasteiger partial charge in [-0.3, -0.25) is 4.79 Å². The van der Waals surface area contributed by atoms with Crippen molar-refractivity contribution in [1.29, 1.82) is 0 Å². The van der Waals surface area contributed by atoms with Crippen LogP contribution in [0.4, 0.5) is 0 Å². The van der Waals surface area contributed by atoms with Gasteiger partial charge in [0.1, 0.15) is 0 Å². The smallest absolute Gasteiger partial charge is 0.264 e. The van der Waals surface area contributed by atoms with Gasteiger partial charge in [0.15, 0.2) is 0 Å². The molecule has 4 nitrogen and oxygen atoms in total. The summed E-state index contributed by atoms with van der Waals surface area (Å²) in [6, 6.07) is 11.4. The molecule has 2 rings (SSSR count). The summed E-state index contributed by atoms with van der Waals surface area (Å²) in [5.41, 5.74) is 1.82. The Morgan fingerprint density at radius 3 is 2.17 bits per heavy atom. The number of carbonyl (C=O) groups is 1. The quantitative estimate of drug-likeness (QED) is 0.891. The predicted octanol–water partition coefficient (Wildman–Crippen LogP) is 4.06. The molecule has 24 heavy (non-hydrogen) atoms. The lowest BCUT2D eigenvalue weighted by molar-refractivity contribution is 0.0981. The van der Waals surface area contributed by atoms with Gasteiger partial charge in [-0.2, -0.15) is 0 Å². The first-order valence-corrected chi connectivity index (χ1v) is 9.31. The van der Waals surface area contributed by atoms with E-state index in [1.54, 1.807) is 31.2 Å². The second-order valence-corrected chi connectivity index (χ2v) is 8.76. The first-order chi connectivity index (χ1) is 11.0. The van der Waals surface area contributed by atoms with Gasteiger partial charge in [-0.1, -0.05) is 50.6 Å². The molecule has 0 heterocycles. The minimum absolute atomic E-state index is 0.00494. The molecule has 0 aliphatic carbocycles. The lowest BCUT2D eigenvalue weighted by Gasteiger charge is -2.19. The Bertz CT molecular complexity index is 866. The number of hydrogen-bond acceptors (Lipinski definition) is 3. The van der Waals surface area contributed by atoms with Crippen LogP contribution in [0.2, 0.25) is 5.02 Å². The molecule has 0 spiro atoms. The highest BCUT2D eigenvalue weighted by Crippen LogP contribution is 2.23. The number of rotatable bonds is 3. The molecule has 0 atom stereocenters. The number of benzene rings is 2. The van der Waals surface area contributed by atoms with Crippen molar-refractivity contribution < 1.29 is 13.2 Å². The van der Waals surface area contributed by atoms with E-state index in [1.165, 1.54) is 6.07 Å². The van der Waals surface area contributed by atoms with Crippen molar-refractivity contribution in [2.45, 2.75) is 38.0 Å². The third-order valence-electron chi connectivity index (χ3n) is 3.68. The van der Waals surface area contributed by atoms with Crippen LogP contribution in [0.25, 0.3) is 0 Å². The SMILES string of the molecule is Cc1ccc(Cl)cc1S(=O)(=O)NC(=O)c1ccc(C(C)(C)C)cc1. The van der Waals surface area contributed by atoms with Gasteiger partial charge in [0, 0.05) is 10.6 Å². The third-order valence-corrected chi connectivity index (χ3v) is 5.39. The number of aryl methyl sites for hydroxylation is 1. The maximum atomic E-state index is 12.4. The lowest BCUT2D eigenvalue weighted by Crippen LogP contribution is -2.31. The van der Waals surface area contributed by atoms with Gasteiger partial charge >= 0.3 is 0 Å². The summed E-state index contributed by atoms with van der Waals surface area (Å²) in [6.45, 7) is 7.84. The summed E-state index contributed by atoms with van der Waals surface area (Å²) in [6.07, 6.45) is 0. The summed E-state index contributed by atoms with van der Waals surface area (Å²) in [7, 11) is -3.98. The Balaban J connectivity index is 2.27. The Hall–Kier alpha value is -1.85. The molecule has 0 radical (unpaired) electrons. The van der Waals surface area contributed by atoms with Crippen LogP contribution in [0.5, 0.6) is 0 Å². The van der Waals surface area contributed by atoms with Gasteiger partial charge in [-0.05, 0) is 47.7 Å². The second-order valence-electron chi connectivity index (χ2n) is 6.67. The third kappa shape index (κ3) is 4.16. The van der Waals surface area contributed by atoms with Crippen LogP contribution in [0.15, 0.2) is 47.4 Å². The van der Waals surface area contributed by atoms with E-state index in [0.717, 1.165) is 5.56 Å². The fraction of sp³-hybridized carbons (Fsp3) is 0.278. The van der Waals surface area contributed by atoms with Crippen molar-refractivity contribution in [1.82, 2.24) is 4.72 Å². The van der Waals surface area contributed by atoms with Crippen LogP contribution in [0.1, 0.15) is 42.3 Å². The summed E-state index contributed by atoms with van der Waals surface area (Å²) < 4.78 is 26.9. The molecular weight excluding hydrogens is 346 g/mol. The van der Waals surface area contributed by atoms with Crippen LogP contribution in [0, 0.1) is 6.92 Å². The number of carbonyl (C=O) groups excluding carboxylic acids is 1. The van der Waals surface area contributed by atoms with Crippen molar-refractivity contribution in [3.63, 3.8) is 0 Å². The highest BCUT2D eigenvalue weighted by Gasteiger charge is 2.21. The summed E-state index contributed by atoms with van der Waals surface area (Å²) in [4.78, 5) is 12.3. The van der Waals surface area contributed by atoms with Crippen LogP contribution < -0.4 is 4.72 Å². The maximum absolute atomic E-state index is 12.4. The maximum Gasteiger partial charge on any atom is 0.264 e. The second kappa shape index (κ2) is 6.57. The highest BCUT2D eigenvalue weighted by atomic mass is 35.5. The minimum atomic E-state index is -3.98. The number of halogens is 1. The van der Waals surface area contributed by atoms with E-state index in [4.69, 9.17) is 11.6 Å². The van der Waals surface area contributed by atoms with Crippen molar-refractivity contribution in [2.24, 2.45) is 0 Å². The number of amides is 1. The van der Waals surface area contributed by atoms with Gasteiger partial charge < -0.3 is 0 Å². The molecule has 0 aliphatic heterocycles. The number of sulfonamides is 1. The molecule has 6 heteroatoms. The Kier molecular flexibility index (Phi) is 5.06. The molecule has 1 N–H and O–H groups in total. The molecule has 0 fully saturated rings. The van der Waals surface area contributed by atoms with Crippen LogP contribution in [-0.2, 0) is 15.4 Å². The molecule has 0 bridgehead atoms. The molecular formula is C18H20ClNO3S. The van der Waals surface area contributed by atoms with E-state index in [9.17, 15) is 13.2 Å². The normalized spacial score (nSPS) is 12.0. The molecule has 0 aromatic heterocycles. The molecule has 2 aromatic rings. The Morgan fingerprint density at radius 1 is 1.04 bits per heavy atom. The van der Waals surface area contributed by atoms with Crippen LogP contribution in [-0.4, -0.2) is 14.3 Å². The van der Waals surface area contributed by atoms with Crippen molar-refractivity contribution in [2.75, 3.05) is 0 Å². The van der Waals surface area contributed by atoms with Crippen molar-refractivity contribution in [3.8, 4) is 0 Å². The minimum Gasteiger partial charge on any atom is -0.268 e. The van der Waals surface area contributed by atoms with Gasteiger partial charge in [0.05, 0.1) is 4.90 Å². The average molecular weight is 366 g/mol. The topological polar surface area (TPSA) is 63.2 Å². The zero-order chi connectivity index (χ0) is 18.1. The molecule has 0 saturated heterocycles. The van der Waals surface area contributed by atoms with Crippen molar-refractivity contribution in [3.05, 3.63) is 64.2 Å². The van der Waals surface area contributed by atoms with E-state index in [0.29, 0.717) is 10.6 Å². The average Bonchev–Trinajstić information content (AvgIpc) is 2.48. The Morgan fingerprint density at radius 2 is 1.62 bits per heavy atom. The van der Waals surface area contributed by atoms with Crippen LogP contribution in [0.3, 0.4) is 0 Å². The zero-order valence-electron chi connectivity index (χ0n) is 14.1. The van der Waals surface area contributed by atoms with Gasteiger partial charge in [-0.15, -0.1) is 0 Å². The van der Waals surface area contributed by atoms with E-state index in [1.807, 2.05) is 12.1 Å². The lowest BCUT2D eigenvalue weighted by atomic mass is 9.87. The molecule has 1 amide bonds. The standard InChI is InChI=1S/C18H20ClNO3S/c1-12-5-10-15(19)11-16(12)24(22,23)20-17(21)13-6-8-14(9-7-13)18(2,3)4/h5-11H,1-4H3,(H,20,21). The van der Waals surface area contributed by atoms with Gasteiger partial charge in [-0.25, -0.2) is 13.1 Å². The Labute approximate surface area is 147 Å². The van der Waals surface area contributed by atoms with E-state index < -0.39 is 15.9 Å². The van der Waals surface area contributed by atoms with E-state index in [-0.39, 0.29) is 15.9 Å². The predicted molar refractivity (Wildman–Crippen MR) is 96.0 cm³/mol. The molecule has 128 valence electrons. The molecule has 0 saturated carbocycles. The monoisotopic (exact) mass is 365 g/mol. The molecule has 2 aromatic carbocycles. The van der Waals surface area contributed by atoms with E-state index >= 15 is 0 Å². The van der Waals surface area contributed by atoms with Gasteiger partial charge in [0.2, 0.25) is 0 Å². The van der Waals surface area contributed by atoms with Gasteiger partial charge in [0.25, 0.3) is 15.9 Å².